The summed E-state index contributed by atoms with van der Waals surface area (Å²) >= 11 is 0. The Morgan fingerprint density at radius 3 is 1.96 bits per heavy atom. The lowest BCUT2D eigenvalue weighted by molar-refractivity contribution is -0.121. The molecule has 0 saturated carbocycles. The maximum absolute atomic E-state index is 12.7. The maximum atomic E-state index is 12.7. The van der Waals surface area contributed by atoms with Crippen molar-refractivity contribution in [2.45, 2.75) is 5.92 Å². The Labute approximate surface area is 151 Å². The number of carbonyl (C=O) groups is 1. The molecule has 0 aliphatic carbocycles. The minimum absolute atomic E-state index is 0.209. The maximum Gasteiger partial charge on any atom is 0.252 e. The van der Waals surface area contributed by atoms with E-state index in [2.05, 4.69) is 10.5 Å². The van der Waals surface area contributed by atoms with Crippen molar-refractivity contribution in [3.05, 3.63) is 95.6 Å². The summed E-state index contributed by atoms with van der Waals surface area (Å²) in [5.41, 5.74) is 4.84. The van der Waals surface area contributed by atoms with Gasteiger partial charge in [-0.3, -0.25) is 4.79 Å². The number of nitrogens with one attached hydrogen (secondary N) is 1. The van der Waals surface area contributed by atoms with Gasteiger partial charge in [-0.2, -0.15) is 5.10 Å². The molecule has 3 rings (SSSR count). The molecule has 0 aromatic heterocycles. The number of phenolic OH excluding ortho intramolecular Hbond substituents is 2. The standard InChI is InChI=1S/C21H18N2O3/c24-18-12-11-15(13-19(18)25)14-22-23-21(26)20(16-7-3-1-4-8-16)17-9-5-2-6-10-17/h1-14,20,24-25H,(H,23,26)/b22-14+. The number of nitrogens with zero attached hydrogens (tertiary/aromatic N) is 1. The molecule has 0 aliphatic heterocycles. The van der Waals surface area contributed by atoms with Crippen LogP contribution in [0.5, 0.6) is 11.5 Å². The average molecular weight is 346 g/mol. The molecule has 5 heteroatoms. The topological polar surface area (TPSA) is 81.9 Å². The first-order chi connectivity index (χ1) is 12.6. The monoisotopic (exact) mass is 346 g/mol. The van der Waals surface area contributed by atoms with Crippen molar-refractivity contribution in [1.29, 1.82) is 0 Å². The van der Waals surface area contributed by atoms with Crippen molar-refractivity contribution in [2.24, 2.45) is 5.10 Å². The van der Waals surface area contributed by atoms with Crippen LogP contribution >= 0.6 is 0 Å². The Morgan fingerprint density at radius 1 is 0.846 bits per heavy atom. The van der Waals surface area contributed by atoms with Crippen molar-refractivity contribution in [3.8, 4) is 11.5 Å². The van der Waals surface area contributed by atoms with Crippen molar-refractivity contribution in [3.63, 3.8) is 0 Å². The average Bonchev–Trinajstić information content (AvgIpc) is 2.67. The number of carbonyl (C=O) groups excluding carboxylic acids is 1. The summed E-state index contributed by atoms with van der Waals surface area (Å²) in [6, 6.07) is 23.3. The van der Waals surface area contributed by atoms with Gasteiger partial charge in [0.1, 0.15) is 0 Å². The highest BCUT2D eigenvalue weighted by molar-refractivity contribution is 5.88. The highest BCUT2D eigenvalue weighted by Crippen LogP contribution is 2.25. The van der Waals surface area contributed by atoms with Gasteiger partial charge in [-0.15, -0.1) is 0 Å². The van der Waals surface area contributed by atoms with E-state index in [4.69, 9.17) is 0 Å². The molecule has 0 atom stereocenters. The Balaban J connectivity index is 1.80. The van der Waals surface area contributed by atoms with Crippen LogP contribution < -0.4 is 5.43 Å². The van der Waals surface area contributed by atoms with Crippen LogP contribution in [-0.4, -0.2) is 22.3 Å². The van der Waals surface area contributed by atoms with Gasteiger partial charge in [0.25, 0.3) is 5.91 Å². The third-order valence-corrected chi connectivity index (χ3v) is 3.92. The number of hydrogen-bond donors (Lipinski definition) is 3. The van der Waals surface area contributed by atoms with E-state index in [-0.39, 0.29) is 17.4 Å². The molecule has 1 amide bonds. The van der Waals surface area contributed by atoms with E-state index in [0.29, 0.717) is 5.56 Å². The van der Waals surface area contributed by atoms with E-state index >= 15 is 0 Å². The zero-order chi connectivity index (χ0) is 18.4. The first-order valence-electron chi connectivity index (χ1n) is 8.10. The molecule has 0 heterocycles. The highest BCUT2D eigenvalue weighted by atomic mass is 16.3. The Hall–Kier alpha value is -3.60. The van der Waals surface area contributed by atoms with E-state index in [1.165, 1.54) is 18.3 Å². The van der Waals surface area contributed by atoms with Crippen LogP contribution in [0.4, 0.5) is 0 Å². The molecular weight excluding hydrogens is 328 g/mol. The summed E-state index contributed by atoms with van der Waals surface area (Å²) in [7, 11) is 0. The van der Waals surface area contributed by atoms with E-state index in [0.717, 1.165) is 11.1 Å². The van der Waals surface area contributed by atoms with Crippen molar-refractivity contribution >= 4 is 12.1 Å². The molecule has 3 aromatic carbocycles. The van der Waals surface area contributed by atoms with Crippen molar-refractivity contribution in [2.75, 3.05) is 0 Å². The summed E-state index contributed by atoms with van der Waals surface area (Å²) in [4.78, 5) is 12.7. The number of phenols is 2. The first kappa shape index (κ1) is 17.2. The van der Waals surface area contributed by atoms with Gasteiger partial charge in [-0.05, 0) is 34.9 Å². The lowest BCUT2D eigenvalue weighted by Gasteiger charge is -2.16. The van der Waals surface area contributed by atoms with E-state index in [1.807, 2.05) is 60.7 Å². The molecule has 0 saturated heterocycles. The number of benzene rings is 3. The third-order valence-electron chi connectivity index (χ3n) is 3.92. The number of amides is 1. The lowest BCUT2D eigenvalue weighted by Crippen LogP contribution is -2.26. The Bertz CT molecular complexity index is 870. The van der Waals surface area contributed by atoms with Gasteiger partial charge in [-0.1, -0.05) is 60.7 Å². The smallest absolute Gasteiger partial charge is 0.252 e. The van der Waals surface area contributed by atoms with Crippen LogP contribution in [0.15, 0.2) is 84.0 Å². The summed E-state index contributed by atoms with van der Waals surface area (Å²) in [6.45, 7) is 0. The van der Waals surface area contributed by atoms with Crippen molar-refractivity contribution < 1.29 is 15.0 Å². The predicted molar refractivity (Wildman–Crippen MR) is 100 cm³/mol. The van der Waals surface area contributed by atoms with Crippen LogP contribution in [0.3, 0.4) is 0 Å². The van der Waals surface area contributed by atoms with Gasteiger partial charge in [0.15, 0.2) is 11.5 Å². The second kappa shape index (κ2) is 7.98. The summed E-state index contributed by atoms with van der Waals surface area (Å²) < 4.78 is 0. The van der Waals surface area contributed by atoms with E-state index < -0.39 is 5.92 Å². The molecule has 130 valence electrons. The zero-order valence-electron chi connectivity index (χ0n) is 13.9. The van der Waals surface area contributed by atoms with Gasteiger partial charge in [0.2, 0.25) is 0 Å². The molecule has 0 fully saturated rings. The molecule has 0 spiro atoms. The normalized spacial score (nSPS) is 11.0. The minimum Gasteiger partial charge on any atom is -0.504 e. The number of rotatable bonds is 5. The summed E-state index contributed by atoms with van der Waals surface area (Å²) in [5, 5.41) is 22.8. The van der Waals surface area contributed by atoms with Crippen LogP contribution in [-0.2, 0) is 4.79 Å². The van der Waals surface area contributed by atoms with Crippen LogP contribution in [0.25, 0.3) is 0 Å². The fraction of sp³-hybridized carbons (Fsp3) is 0.0476. The Morgan fingerprint density at radius 2 is 1.42 bits per heavy atom. The predicted octanol–water partition coefficient (Wildman–Crippen LogP) is 3.38. The molecule has 3 N–H and O–H groups in total. The molecule has 0 aliphatic rings. The largest absolute Gasteiger partial charge is 0.504 e. The van der Waals surface area contributed by atoms with Crippen LogP contribution in [0.1, 0.15) is 22.6 Å². The number of hydrogen-bond acceptors (Lipinski definition) is 4. The third kappa shape index (κ3) is 4.08. The molecule has 0 unspecified atom stereocenters. The van der Waals surface area contributed by atoms with Gasteiger partial charge >= 0.3 is 0 Å². The SMILES string of the molecule is O=C(N/N=C/c1ccc(O)c(O)c1)C(c1ccccc1)c1ccccc1. The summed E-state index contributed by atoms with van der Waals surface area (Å²) in [5.74, 6) is -1.20. The van der Waals surface area contributed by atoms with E-state index in [1.54, 1.807) is 6.07 Å². The fourth-order valence-electron chi connectivity index (χ4n) is 2.64. The van der Waals surface area contributed by atoms with Crippen LogP contribution in [0, 0.1) is 0 Å². The molecule has 0 bridgehead atoms. The van der Waals surface area contributed by atoms with Gasteiger partial charge in [0.05, 0.1) is 12.1 Å². The fourth-order valence-corrected chi connectivity index (χ4v) is 2.64. The zero-order valence-corrected chi connectivity index (χ0v) is 13.9. The first-order valence-corrected chi connectivity index (χ1v) is 8.10. The number of hydrazone groups is 1. The van der Waals surface area contributed by atoms with Gasteiger partial charge in [0, 0.05) is 0 Å². The minimum atomic E-state index is -0.484. The summed E-state index contributed by atoms with van der Waals surface area (Å²) in [6.07, 6.45) is 1.41. The molecule has 5 nitrogen and oxygen atoms in total. The molecular formula is C21H18N2O3. The second-order valence-electron chi connectivity index (χ2n) is 5.74. The van der Waals surface area contributed by atoms with E-state index in [9.17, 15) is 15.0 Å². The quantitative estimate of drug-likeness (QED) is 0.376. The van der Waals surface area contributed by atoms with Crippen molar-refractivity contribution in [1.82, 2.24) is 5.43 Å². The molecule has 0 radical (unpaired) electrons. The van der Waals surface area contributed by atoms with Crippen LogP contribution in [0.2, 0.25) is 0 Å². The van der Waals surface area contributed by atoms with Gasteiger partial charge in [-0.25, -0.2) is 5.43 Å². The molecule has 3 aromatic rings. The second-order valence-corrected chi connectivity index (χ2v) is 5.74. The molecule has 26 heavy (non-hydrogen) atoms. The van der Waals surface area contributed by atoms with Gasteiger partial charge < -0.3 is 10.2 Å². The number of aromatic hydroxyl groups is 2. The lowest BCUT2D eigenvalue weighted by atomic mass is 9.91. The Kier molecular flexibility index (Phi) is 5.29. The highest BCUT2D eigenvalue weighted by Gasteiger charge is 2.22.